The van der Waals surface area contributed by atoms with E-state index < -0.39 is 11.7 Å². The lowest BCUT2D eigenvalue weighted by Gasteiger charge is -2.39. The summed E-state index contributed by atoms with van der Waals surface area (Å²) in [5.74, 6) is -0.401. The van der Waals surface area contributed by atoms with Crippen LogP contribution in [0.25, 0.3) is 0 Å². The van der Waals surface area contributed by atoms with E-state index in [1.54, 1.807) is 19.1 Å². The van der Waals surface area contributed by atoms with Crippen molar-refractivity contribution >= 4 is 17.5 Å². The highest BCUT2D eigenvalue weighted by molar-refractivity contribution is 5.93. The number of nitrogens with zero attached hydrogens (tertiary/aromatic N) is 1. The second kappa shape index (κ2) is 6.89. The number of likely N-dealkylation sites (tertiary alicyclic amines) is 1. The minimum absolute atomic E-state index is 0.0908. The van der Waals surface area contributed by atoms with E-state index >= 15 is 0 Å². The summed E-state index contributed by atoms with van der Waals surface area (Å²) < 4.78 is 0. The summed E-state index contributed by atoms with van der Waals surface area (Å²) in [4.78, 5) is 25.4. The predicted octanol–water partition coefficient (Wildman–Crippen LogP) is 0.749. The van der Waals surface area contributed by atoms with E-state index in [1.807, 2.05) is 18.2 Å². The zero-order valence-corrected chi connectivity index (χ0v) is 12.7. The topological polar surface area (TPSA) is 89.9 Å². The fraction of sp³-hybridized carbons (Fsp3) is 0.500. The molecule has 22 heavy (non-hydrogen) atoms. The van der Waals surface area contributed by atoms with Gasteiger partial charge in [-0.25, -0.2) is 0 Å². The van der Waals surface area contributed by atoms with Crippen LogP contribution in [0.1, 0.15) is 26.2 Å². The molecule has 0 radical (unpaired) electrons. The smallest absolute Gasteiger partial charge is 0.224 e. The van der Waals surface area contributed by atoms with E-state index in [9.17, 15) is 19.8 Å². The summed E-state index contributed by atoms with van der Waals surface area (Å²) >= 11 is 0. The molecule has 3 N–H and O–H groups in total. The van der Waals surface area contributed by atoms with Crippen molar-refractivity contribution in [2.24, 2.45) is 0 Å². The highest BCUT2D eigenvalue weighted by Crippen LogP contribution is 2.22. The Morgan fingerprint density at radius 1 is 1.32 bits per heavy atom. The molecule has 1 aliphatic heterocycles. The number of amides is 2. The first-order chi connectivity index (χ1) is 10.4. The average Bonchev–Trinajstić information content (AvgIpc) is 2.48. The van der Waals surface area contributed by atoms with Gasteiger partial charge in [-0.2, -0.15) is 0 Å². The molecule has 0 saturated carbocycles. The van der Waals surface area contributed by atoms with E-state index in [1.165, 1.54) is 4.90 Å². The van der Waals surface area contributed by atoms with Crippen LogP contribution < -0.4 is 5.32 Å². The van der Waals surface area contributed by atoms with Crippen LogP contribution in [0.2, 0.25) is 0 Å². The zero-order valence-electron chi connectivity index (χ0n) is 12.7. The lowest BCUT2D eigenvalue weighted by Crippen LogP contribution is -2.55. The lowest BCUT2D eigenvalue weighted by molar-refractivity contribution is -0.147. The molecule has 0 aromatic heterocycles. The molecular weight excluding hydrogens is 284 g/mol. The van der Waals surface area contributed by atoms with E-state index in [-0.39, 0.29) is 31.2 Å². The van der Waals surface area contributed by atoms with Crippen LogP contribution in [0.15, 0.2) is 30.3 Å². The molecule has 0 spiro atoms. The molecule has 120 valence electrons. The van der Waals surface area contributed by atoms with E-state index in [2.05, 4.69) is 5.32 Å². The maximum absolute atomic E-state index is 12.1. The number of hydrogen-bond donors (Lipinski definition) is 3. The molecule has 1 aromatic rings. The Morgan fingerprint density at radius 2 is 2.00 bits per heavy atom. The van der Waals surface area contributed by atoms with Crippen LogP contribution in [0.5, 0.6) is 0 Å². The Bertz CT molecular complexity index is 530. The molecule has 1 saturated heterocycles. The van der Waals surface area contributed by atoms with Crippen LogP contribution in [0.3, 0.4) is 0 Å². The van der Waals surface area contributed by atoms with Gasteiger partial charge in [0.15, 0.2) is 0 Å². The van der Waals surface area contributed by atoms with Crippen LogP contribution in [0, 0.1) is 0 Å². The predicted molar refractivity (Wildman–Crippen MR) is 82.1 cm³/mol. The van der Waals surface area contributed by atoms with Gasteiger partial charge in [0, 0.05) is 31.6 Å². The summed E-state index contributed by atoms with van der Waals surface area (Å²) in [7, 11) is 0. The number of benzene rings is 1. The molecule has 6 heteroatoms. The highest BCUT2D eigenvalue weighted by atomic mass is 16.3. The molecular formula is C16H22N2O4. The third kappa shape index (κ3) is 4.29. The normalized spacial score (nSPS) is 24.9. The molecule has 2 rings (SSSR count). The Labute approximate surface area is 129 Å². The number of anilines is 1. The summed E-state index contributed by atoms with van der Waals surface area (Å²) in [6, 6.07) is 9.06. The van der Waals surface area contributed by atoms with Gasteiger partial charge in [-0.3, -0.25) is 9.59 Å². The number of piperidine rings is 1. The highest BCUT2D eigenvalue weighted by Gasteiger charge is 2.37. The van der Waals surface area contributed by atoms with Crippen molar-refractivity contribution in [3.63, 3.8) is 0 Å². The minimum atomic E-state index is -1.15. The largest absolute Gasteiger partial charge is 0.388 e. The maximum Gasteiger partial charge on any atom is 0.224 e. The molecule has 1 aliphatic rings. The summed E-state index contributed by atoms with van der Waals surface area (Å²) in [5, 5.41) is 22.4. The Balaban J connectivity index is 1.77. The second-order valence-corrected chi connectivity index (χ2v) is 5.88. The minimum Gasteiger partial charge on any atom is -0.388 e. The third-order valence-electron chi connectivity index (χ3n) is 3.98. The first-order valence-electron chi connectivity index (χ1n) is 7.41. The number of carbonyl (C=O) groups is 2. The third-order valence-corrected chi connectivity index (χ3v) is 3.98. The van der Waals surface area contributed by atoms with E-state index in [4.69, 9.17) is 0 Å². The van der Waals surface area contributed by atoms with E-state index in [0.29, 0.717) is 18.7 Å². The Hall–Kier alpha value is -1.92. The van der Waals surface area contributed by atoms with Gasteiger partial charge in [0.05, 0.1) is 11.7 Å². The van der Waals surface area contributed by atoms with Crippen molar-refractivity contribution in [2.75, 3.05) is 18.4 Å². The van der Waals surface area contributed by atoms with Crippen LogP contribution >= 0.6 is 0 Å². The van der Waals surface area contributed by atoms with Gasteiger partial charge >= 0.3 is 0 Å². The first kappa shape index (κ1) is 16.5. The van der Waals surface area contributed by atoms with Gasteiger partial charge in [0.1, 0.15) is 0 Å². The monoisotopic (exact) mass is 306 g/mol. The summed E-state index contributed by atoms with van der Waals surface area (Å²) in [5.41, 5.74) is -0.453. The number of carbonyl (C=O) groups excluding carboxylic acids is 2. The fourth-order valence-corrected chi connectivity index (χ4v) is 2.37. The number of nitrogens with one attached hydrogen (secondary N) is 1. The van der Waals surface area contributed by atoms with Gasteiger partial charge < -0.3 is 20.4 Å². The van der Waals surface area contributed by atoms with Crippen molar-refractivity contribution < 1.29 is 19.8 Å². The van der Waals surface area contributed by atoms with Crippen molar-refractivity contribution in [3.8, 4) is 0 Å². The molecule has 2 atom stereocenters. The number of para-hydroxylation sites is 1. The average molecular weight is 306 g/mol. The maximum atomic E-state index is 12.1. The van der Waals surface area contributed by atoms with Crippen molar-refractivity contribution in [1.82, 2.24) is 4.90 Å². The summed E-state index contributed by atoms with van der Waals surface area (Å²) in [6.07, 6.45) is -0.441. The van der Waals surface area contributed by atoms with Gasteiger partial charge in [0.25, 0.3) is 0 Å². The van der Waals surface area contributed by atoms with Gasteiger partial charge in [-0.05, 0) is 25.5 Å². The number of β-amino-alcohol motifs (C(OH)–C–C–N with tert-alkyl or cyclic N) is 1. The van der Waals surface area contributed by atoms with Crippen molar-refractivity contribution in [3.05, 3.63) is 30.3 Å². The molecule has 1 fully saturated rings. The Morgan fingerprint density at radius 3 is 2.64 bits per heavy atom. The van der Waals surface area contributed by atoms with Crippen LogP contribution in [0.4, 0.5) is 5.69 Å². The zero-order chi connectivity index (χ0) is 16.2. The number of hydrogen-bond acceptors (Lipinski definition) is 4. The molecule has 0 aliphatic carbocycles. The summed E-state index contributed by atoms with van der Waals surface area (Å²) in [6.45, 7) is 2.06. The fourth-order valence-electron chi connectivity index (χ4n) is 2.37. The standard InChI is InChI=1S/C16H22N2O4/c1-16(22)9-10-18(11-13(16)19)15(21)8-7-14(20)17-12-5-3-2-4-6-12/h2-6,13,19,22H,7-11H2,1H3,(H,17,20)/t13-,16+/m0/s1. The lowest BCUT2D eigenvalue weighted by atomic mass is 9.90. The van der Waals surface area contributed by atoms with Gasteiger partial charge in [-0.1, -0.05) is 18.2 Å². The number of aliphatic hydroxyl groups is 2. The SMILES string of the molecule is C[C@@]1(O)CCN(C(=O)CCC(=O)Nc2ccccc2)C[C@@H]1O. The van der Waals surface area contributed by atoms with Crippen molar-refractivity contribution in [1.29, 1.82) is 0 Å². The molecule has 2 amide bonds. The molecule has 6 nitrogen and oxygen atoms in total. The molecule has 0 bridgehead atoms. The second-order valence-electron chi connectivity index (χ2n) is 5.88. The van der Waals surface area contributed by atoms with Gasteiger partial charge in [-0.15, -0.1) is 0 Å². The van der Waals surface area contributed by atoms with Gasteiger partial charge in [0.2, 0.25) is 11.8 Å². The molecule has 1 heterocycles. The van der Waals surface area contributed by atoms with Crippen LogP contribution in [-0.4, -0.2) is 51.7 Å². The van der Waals surface area contributed by atoms with E-state index in [0.717, 1.165) is 0 Å². The number of aliphatic hydroxyl groups excluding tert-OH is 1. The van der Waals surface area contributed by atoms with Crippen LogP contribution in [-0.2, 0) is 9.59 Å². The van der Waals surface area contributed by atoms with Crippen molar-refractivity contribution in [2.45, 2.75) is 37.9 Å². The first-order valence-corrected chi connectivity index (χ1v) is 7.41. The Kier molecular flexibility index (Phi) is 5.15. The number of rotatable bonds is 4. The quantitative estimate of drug-likeness (QED) is 0.766. The molecule has 0 unspecified atom stereocenters. The molecule has 1 aromatic carbocycles.